The van der Waals surface area contributed by atoms with Crippen LogP contribution in [0.4, 0.5) is 0 Å². The zero-order valence-electron chi connectivity index (χ0n) is 44.8. The number of amides is 1. The first-order chi connectivity index (χ1) is 33.2. The summed E-state index contributed by atoms with van der Waals surface area (Å²) in [4.78, 5) is 15.7. The molecule has 398 valence electrons. The van der Waals surface area contributed by atoms with Crippen molar-refractivity contribution in [2.75, 3.05) is 92.4 Å². The van der Waals surface area contributed by atoms with Crippen LogP contribution in [0, 0.1) is 0 Å². The number of ether oxygens (including phenoxy) is 6. The second-order valence-corrected chi connectivity index (χ2v) is 19.0. The predicted octanol–water partition coefficient (Wildman–Crippen LogP) is 15.1. The van der Waals surface area contributed by atoms with E-state index in [2.05, 4.69) is 45.1 Å². The van der Waals surface area contributed by atoms with Gasteiger partial charge in [-0.05, 0) is 70.6 Å². The van der Waals surface area contributed by atoms with Crippen LogP contribution in [-0.4, -0.2) is 114 Å². The van der Waals surface area contributed by atoms with Crippen molar-refractivity contribution in [3.8, 4) is 0 Å². The van der Waals surface area contributed by atoms with Gasteiger partial charge in [0.25, 0.3) is 0 Å². The summed E-state index contributed by atoms with van der Waals surface area (Å²) in [6.07, 6.45) is 53.3. The third kappa shape index (κ3) is 53.9. The molecule has 0 aromatic carbocycles. The van der Waals surface area contributed by atoms with Crippen molar-refractivity contribution in [3.05, 3.63) is 24.3 Å². The maximum Gasteiger partial charge on any atom is 0.224 e. The molecule has 1 N–H and O–H groups in total. The predicted molar refractivity (Wildman–Crippen MR) is 284 cm³/mol. The average Bonchev–Trinajstić information content (AvgIpc) is 3.33. The SMILES string of the molecule is CCCCCCCC/C=C\CCCCCCCCOCC(CN(CCCCCCCC)C(=O)CCOCCOCCOCCOCCO)OCCCCCCCC/C=C\CCCCCCCC. The summed E-state index contributed by atoms with van der Waals surface area (Å²) >= 11 is 0. The number of aliphatic hydroxyl groups excluding tert-OH is 1. The lowest BCUT2D eigenvalue weighted by molar-refractivity contribution is -0.135. The van der Waals surface area contributed by atoms with Crippen molar-refractivity contribution in [3.63, 3.8) is 0 Å². The quantitative estimate of drug-likeness (QED) is 0.0476. The Morgan fingerprint density at radius 3 is 1.19 bits per heavy atom. The van der Waals surface area contributed by atoms with Crippen LogP contribution in [0.2, 0.25) is 0 Å². The van der Waals surface area contributed by atoms with E-state index in [1.54, 1.807) is 0 Å². The van der Waals surface area contributed by atoms with Gasteiger partial charge in [0.05, 0.1) is 78.6 Å². The van der Waals surface area contributed by atoms with E-state index in [0.29, 0.717) is 79.0 Å². The number of allylic oxidation sites excluding steroid dienone is 4. The molecule has 1 unspecified atom stereocenters. The van der Waals surface area contributed by atoms with E-state index in [0.717, 1.165) is 38.8 Å². The zero-order chi connectivity index (χ0) is 48.5. The molecule has 9 nitrogen and oxygen atoms in total. The molecule has 0 aromatic rings. The van der Waals surface area contributed by atoms with Crippen molar-refractivity contribution in [2.24, 2.45) is 0 Å². The molecular formula is C58H113NO8. The van der Waals surface area contributed by atoms with Crippen LogP contribution in [0.15, 0.2) is 24.3 Å². The summed E-state index contributed by atoms with van der Waals surface area (Å²) in [6.45, 7) is 13.7. The van der Waals surface area contributed by atoms with Gasteiger partial charge >= 0.3 is 0 Å². The number of carbonyl (C=O) groups is 1. The molecule has 67 heavy (non-hydrogen) atoms. The smallest absolute Gasteiger partial charge is 0.224 e. The fraction of sp³-hybridized carbons (Fsp3) is 0.914. The summed E-state index contributed by atoms with van der Waals surface area (Å²) in [5.41, 5.74) is 0. The Balaban J connectivity index is 4.80. The van der Waals surface area contributed by atoms with E-state index in [9.17, 15) is 4.79 Å². The van der Waals surface area contributed by atoms with E-state index >= 15 is 0 Å². The number of aliphatic hydroxyl groups is 1. The number of hydrogen-bond acceptors (Lipinski definition) is 8. The molecule has 0 heterocycles. The highest BCUT2D eigenvalue weighted by Gasteiger charge is 2.20. The fourth-order valence-electron chi connectivity index (χ4n) is 8.21. The van der Waals surface area contributed by atoms with Crippen molar-refractivity contribution in [2.45, 2.75) is 252 Å². The lowest BCUT2D eigenvalue weighted by atomic mass is 10.1. The van der Waals surface area contributed by atoms with Gasteiger partial charge in [-0.2, -0.15) is 0 Å². The average molecular weight is 953 g/mol. The maximum absolute atomic E-state index is 13.7. The van der Waals surface area contributed by atoms with Crippen molar-refractivity contribution < 1.29 is 38.3 Å². The molecule has 0 saturated heterocycles. The molecule has 1 amide bonds. The number of carbonyl (C=O) groups excluding carboxylic acids is 1. The number of rotatable bonds is 58. The molecule has 0 saturated carbocycles. The van der Waals surface area contributed by atoms with E-state index < -0.39 is 0 Å². The molecule has 0 radical (unpaired) electrons. The Bertz CT molecular complexity index is 996. The monoisotopic (exact) mass is 952 g/mol. The molecular weight excluding hydrogens is 839 g/mol. The lowest BCUT2D eigenvalue weighted by Crippen LogP contribution is -2.41. The molecule has 9 heteroatoms. The molecule has 0 aliphatic carbocycles. The normalized spacial score (nSPS) is 12.4. The molecule has 0 rings (SSSR count). The van der Waals surface area contributed by atoms with Crippen molar-refractivity contribution >= 4 is 5.91 Å². The second kappa shape index (κ2) is 59.0. The van der Waals surface area contributed by atoms with Crippen LogP contribution in [0.1, 0.15) is 245 Å². The first kappa shape index (κ1) is 65.7. The van der Waals surface area contributed by atoms with Crippen LogP contribution in [0.5, 0.6) is 0 Å². The van der Waals surface area contributed by atoms with Gasteiger partial charge in [-0.25, -0.2) is 0 Å². The minimum Gasteiger partial charge on any atom is -0.394 e. The van der Waals surface area contributed by atoms with Crippen LogP contribution in [0.3, 0.4) is 0 Å². The van der Waals surface area contributed by atoms with Gasteiger partial charge in [-0.15, -0.1) is 0 Å². The Labute approximate surface area is 416 Å². The minimum atomic E-state index is -0.126. The fourth-order valence-corrected chi connectivity index (χ4v) is 8.21. The highest BCUT2D eigenvalue weighted by Crippen LogP contribution is 2.14. The van der Waals surface area contributed by atoms with Gasteiger partial charge < -0.3 is 38.4 Å². The van der Waals surface area contributed by atoms with Gasteiger partial charge in [0.2, 0.25) is 5.91 Å². The summed E-state index contributed by atoms with van der Waals surface area (Å²) < 4.78 is 34.9. The van der Waals surface area contributed by atoms with E-state index in [1.165, 1.54) is 193 Å². The topological polar surface area (TPSA) is 95.9 Å². The molecule has 0 aliphatic rings. The van der Waals surface area contributed by atoms with E-state index in [1.807, 2.05) is 4.90 Å². The number of hydrogen-bond donors (Lipinski definition) is 1. The largest absolute Gasteiger partial charge is 0.394 e. The summed E-state index contributed by atoms with van der Waals surface area (Å²) in [5.74, 6) is 0.130. The Hall–Kier alpha value is -1.33. The summed E-state index contributed by atoms with van der Waals surface area (Å²) in [5, 5.41) is 8.77. The van der Waals surface area contributed by atoms with E-state index in [-0.39, 0.29) is 18.6 Å². The summed E-state index contributed by atoms with van der Waals surface area (Å²) in [6, 6.07) is 0. The maximum atomic E-state index is 13.7. The molecule has 1 atom stereocenters. The third-order valence-electron chi connectivity index (χ3n) is 12.5. The number of unbranched alkanes of at least 4 members (excludes halogenated alkanes) is 29. The van der Waals surface area contributed by atoms with Gasteiger partial charge in [-0.3, -0.25) is 4.79 Å². The lowest BCUT2D eigenvalue weighted by Gasteiger charge is -2.28. The highest BCUT2D eigenvalue weighted by atomic mass is 16.6. The van der Waals surface area contributed by atoms with Gasteiger partial charge in [0.15, 0.2) is 0 Å². The first-order valence-electron chi connectivity index (χ1n) is 28.9. The highest BCUT2D eigenvalue weighted by molar-refractivity contribution is 5.76. The van der Waals surface area contributed by atoms with Crippen molar-refractivity contribution in [1.29, 1.82) is 0 Å². The first-order valence-corrected chi connectivity index (χ1v) is 28.9. The molecule has 0 aliphatic heterocycles. The van der Waals surface area contributed by atoms with Gasteiger partial charge in [0.1, 0.15) is 0 Å². The number of nitrogens with zero attached hydrogens (tertiary/aromatic N) is 1. The summed E-state index contributed by atoms with van der Waals surface area (Å²) in [7, 11) is 0. The Morgan fingerprint density at radius 1 is 0.403 bits per heavy atom. The van der Waals surface area contributed by atoms with Crippen LogP contribution in [0.25, 0.3) is 0 Å². The third-order valence-corrected chi connectivity index (χ3v) is 12.5. The van der Waals surface area contributed by atoms with Crippen molar-refractivity contribution in [1.82, 2.24) is 4.90 Å². The standard InChI is InChI=1S/C58H113NO8/c1-4-7-10-13-16-18-20-22-24-26-28-30-32-34-37-40-45-66-56-57(67-46-41-38-35-33-31-29-27-25-23-21-19-17-14-11-8-5-2)55-59(43-39-36-15-12-9-6-3)58(61)42-47-62-49-51-64-53-54-65-52-50-63-48-44-60/h22-25,57,60H,4-21,26-56H2,1-3H3/b24-22-,25-23-. The Morgan fingerprint density at radius 2 is 0.761 bits per heavy atom. The molecule has 0 aromatic heterocycles. The van der Waals surface area contributed by atoms with Crippen LogP contribution >= 0.6 is 0 Å². The van der Waals surface area contributed by atoms with Gasteiger partial charge in [0, 0.05) is 26.3 Å². The molecule has 0 bridgehead atoms. The Kier molecular flexibility index (Phi) is 57.8. The minimum absolute atomic E-state index is 0.0205. The van der Waals surface area contributed by atoms with E-state index in [4.69, 9.17) is 33.5 Å². The molecule has 0 spiro atoms. The molecule has 0 fully saturated rings. The zero-order valence-corrected chi connectivity index (χ0v) is 44.8. The van der Waals surface area contributed by atoms with Crippen LogP contribution in [-0.2, 0) is 33.2 Å². The second-order valence-electron chi connectivity index (χ2n) is 19.0. The van der Waals surface area contributed by atoms with Crippen LogP contribution < -0.4 is 0 Å². The van der Waals surface area contributed by atoms with Gasteiger partial charge in [-0.1, -0.05) is 193 Å².